The molecule has 0 aromatic carbocycles. The summed E-state index contributed by atoms with van der Waals surface area (Å²) in [5.74, 6) is 1.65. The van der Waals surface area contributed by atoms with Gasteiger partial charge in [0.15, 0.2) is 0 Å². The summed E-state index contributed by atoms with van der Waals surface area (Å²) in [6.45, 7) is 3.07. The zero-order valence-electron chi connectivity index (χ0n) is 13.8. The number of rotatable bonds is 6. The van der Waals surface area contributed by atoms with Gasteiger partial charge in [-0.2, -0.15) is 5.10 Å². The fraction of sp³-hybridized carbons (Fsp3) is 0.611. The predicted octanol–water partition coefficient (Wildman–Crippen LogP) is 2.72. The van der Waals surface area contributed by atoms with Crippen LogP contribution in [0.15, 0.2) is 35.1 Å². The van der Waals surface area contributed by atoms with E-state index in [1.54, 1.807) is 6.26 Å². The van der Waals surface area contributed by atoms with Crippen LogP contribution in [-0.4, -0.2) is 33.8 Å². The second-order valence-electron chi connectivity index (χ2n) is 6.91. The number of aromatic nitrogens is 2. The van der Waals surface area contributed by atoms with Crippen LogP contribution in [0.4, 0.5) is 0 Å². The molecule has 124 valence electrons. The topological polar surface area (TPSA) is 46.2 Å². The van der Waals surface area contributed by atoms with Crippen LogP contribution in [0.1, 0.15) is 43.2 Å². The zero-order chi connectivity index (χ0) is 15.6. The smallest absolute Gasteiger partial charge is 0.117 e. The molecular weight excluding hydrogens is 288 g/mol. The van der Waals surface area contributed by atoms with Gasteiger partial charge in [0, 0.05) is 25.8 Å². The van der Waals surface area contributed by atoms with Crippen molar-refractivity contribution >= 4 is 0 Å². The van der Waals surface area contributed by atoms with E-state index in [0.29, 0.717) is 12.0 Å². The molecule has 0 spiro atoms. The van der Waals surface area contributed by atoms with Crippen molar-refractivity contribution in [2.75, 3.05) is 13.1 Å². The van der Waals surface area contributed by atoms with Crippen molar-refractivity contribution in [1.29, 1.82) is 0 Å². The van der Waals surface area contributed by atoms with E-state index in [2.05, 4.69) is 33.1 Å². The van der Waals surface area contributed by atoms with E-state index in [1.165, 1.54) is 37.9 Å². The van der Waals surface area contributed by atoms with E-state index in [0.717, 1.165) is 24.9 Å². The Morgan fingerprint density at radius 1 is 1.30 bits per heavy atom. The maximum atomic E-state index is 5.42. The molecule has 2 aromatic rings. The molecule has 0 amide bonds. The lowest BCUT2D eigenvalue weighted by Gasteiger charge is -2.41. The Balaban J connectivity index is 1.47. The SMILES string of the molecule is Cn1nccc1[C@H]1[C@H](CNCc2ccco2)CCCN1C1CC1. The average Bonchev–Trinajstić information content (AvgIpc) is 3.11. The summed E-state index contributed by atoms with van der Waals surface area (Å²) in [5, 5.41) is 8.01. The minimum Gasteiger partial charge on any atom is -0.468 e. The highest BCUT2D eigenvalue weighted by Gasteiger charge is 2.41. The first kappa shape index (κ1) is 15.0. The third-order valence-electron chi connectivity index (χ3n) is 5.26. The van der Waals surface area contributed by atoms with Gasteiger partial charge >= 0.3 is 0 Å². The Bertz CT molecular complexity index is 617. The van der Waals surface area contributed by atoms with Gasteiger partial charge in [-0.05, 0) is 56.3 Å². The molecule has 0 unspecified atom stereocenters. The monoisotopic (exact) mass is 314 g/mol. The van der Waals surface area contributed by atoms with Crippen molar-refractivity contribution in [3.63, 3.8) is 0 Å². The van der Waals surface area contributed by atoms with Crippen molar-refractivity contribution in [3.8, 4) is 0 Å². The Hall–Kier alpha value is -1.59. The standard InChI is InChI=1S/C18H26N4O/c1-21-17(8-9-20-21)18-14(4-2-10-22(18)15-6-7-15)12-19-13-16-5-3-11-23-16/h3,5,8-9,11,14-15,18-19H,2,4,6-7,10,12-13H2,1H3/t14-,18+/m0/s1. The fourth-order valence-electron chi connectivity index (χ4n) is 4.01. The Labute approximate surface area is 137 Å². The molecule has 0 bridgehead atoms. The maximum absolute atomic E-state index is 5.42. The highest BCUT2D eigenvalue weighted by atomic mass is 16.3. The Morgan fingerprint density at radius 3 is 2.91 bits per heavy atom. The van der Waals surface area contributed by atoms with Gasteiger partial charge in [-0.25, -0.2) is 0 Å². The van der Waals surface area contributed by atoms with Crippen LogP contribution >= 0.6 is 0 Å². The predicted molar refractivity (Wildman–Crippen MR) is 88.8 cm³/mol. The lowest BCUT2D eigenvalue weighted by atomic mass is 9.86. The van der Waals surface area contributed by atoms with Crippen molar-refractivity contribution in [1.82, 2.24) is 20.0 Å². The molecule has 4 rings (SSSR count). The third-order valence-corrected chi connectivity index (χ3v) is 5.26. The molecule has 2 atom stereocenters. The van der Waals surface area contributed by atoms with Gasteiger partial charge in [0.1, 0.15) is 5.76 Å². The van der Waals surface area contributed by atoms with Crippen LogP contribution in [0, 0.1) is 5.92 Å². The molecule has 1 N–H and O–H groups in total. The normalized spacial score (nSPS) is 25.8. The van der Waals surface area contributed by atoms with Gasteiger partial charge in [0.25, 0.3) is 0 Å². The number of hydrogen-bond donors (Lipinski definition) is 1. The second kappa shape index (κ2) is 6.49. The van der Waals surface area contributed by atoms with E-state index >= 15 is 0 Å². The fourth-order valence-corrected chi connectivity index (χ4v) is 4.01. The number of likely N-dealkylation sites (tertiary alicyclic amines) is 1. The first-order valence-corrected chi connectivity index (χ1v) is 8.79. The minimum atomic E-state index is 0.493. The van der Waals surface area contributed by atoms with Crippen LogP contribution in [0.25, 0.3) is 0 Å². The molecular formula is C18H26N4O. The summed E-state index contributed by atoms with van der Waals surface area (Å²) in [6, 6.07) is 7.47. The molecule has 5 nitrogen and oxygen atoms in total. The van der Waals surface area contributed by atoms with Crippen molar-refractivity contribution in [2.45, 2.75) is 44.3 Å². The van der Waals surface area contributed by atoms with E-state index in [9.17, 15) is 0 Å². The maximum Gasteiger partial charge on any atom is 0.117 e. The van der Waals surface area contributed by atoms with Crippen molar-refractivity contribution < 1.29 is 4.42 Å². The van der Waals surface area contributed by atoms with Gasteiger partial charge in [0.2, 0.25) is 0 Å². The molecule has 3 heterocycles. The lowest BCUT2D eigenvalue weighted by Crippen LogP contribution is -2.44. The molecule has 0 radical (unpaired) electrons. The van der Waals surface area contributed by atoms with Crippen molar-refractivity contribution in [3.05, 3.63) is 42.1 Å². The molecule has 1 aliphatic carbocycles. The largest absolute Gasteiger partial charge is 0.468 e. The number of hydrogen-bond acceptors (Lipinski definition) is 4. The van der Waals surface area contributed by atoms with Crippen LogP contribution in [0.2, 0.25) is 0 Å². The van der Waals surface area contributed by atoms with E-state index in [1.807, 2.05) is 18.3 Å². The summed E-state index contributed by atoms with van der Waals surface area (Å²) in [5.41, 5.74) is 1.36. The van der Waals surface area contributed by atoms with E-state index in [4.69, 9.17) is 4.42 Å². The van der Waals surface area contributed by atoms with Crippen LogP contribution in [0.3, 0.4) is 0 Å². The number of piperidine rings is 1. The van der Waals surface area contributed by atoms with Gasteiger partial charge < -0.3 is 9.73 Å². The molecule has 2 aliphatic rings. The Morgan fingerprint density at radius 2 is 2.22 bits per heavy atom. The lowest BCUT2D eigenvalue weighted by molar-refractivity contribution is 0.0775. The van der Waals surface area contributed by atoms with E-state index < -0.39 is 0 Å². The van der Waals surface area contributed by atoms with Crippen LogP contribution < -0.4 is 5.32 Å². The number of nitrogens with zero attached hydrogens (tertiary/aromatic N) is 3. The van der Waals surface area contributed by atoms with Gasteiger partial charge in [-0.3, -0.25) is 9.58 Å². The third kappa shape index (κ3) is 3.21. The molecule has 23 heavy (non-hydrogen) atoms. The highest BCUT2D eigenvalue weighted by Crippen LogP contribution is 2.42. The zero-order valence-corrected chi connectivity index (χ0v) is 13.8. The average molecular weight is 314 g/mol. The number of aryl methyl sites for hydroxylation is 1. The van der Waals surface area contributed by atoms with Crippen molar-refractivity contribution in [2.24, 2.45) is 13.0 Å². The second-order valence-corrected chi connectivity index (χ2v) is 6.91. The van der Waals surface area contributed by atoms with Crippen LogP contribution in [-0.2, 0) is 13.6 Å². The summed E-state index contributed by atoms with van der Waals surface area (Å²) in [7, 11) is 2.07. The van der Waals surface area contributed by atoms with Crippen LogP contribution in [0.5, 0.6) is 0 Å². The van der Waals surface area contributed by atoms with Gasteiger partial charge in [-0.1, -0.05) is 0 Å². The molecule has 1 saturated carbocycles. The van der Waals surface area contributed by atoms with E-state index in [-0.39, 0.29) is 0 Å². The first-order chi connectivity index (χ1) is 11.3. The number of nitrogens with one attached hydrogen (secondary N) is 1. The summed E-state index contributed by atoms with van der Waals surface area (Å²) >= 11 is 0. The molecule has 1 aliphatic heterocycles. The first-order valence-electron chi connectivity index (χ1n) is 8.79. The summed E-state index contributed by atoms with van der Waals surface area (Å²) in [6.07, 6.45) is 8.98. The number of furan rings is 1. The van der Waals surface area contributed by atoms with Gasteiger partial charge in [0.05, 0.1) is 24.5 Å². The highest BCUT2D eigenvalue weighted by molar-refractivity contribution is 5.12. The minimum absolute atomic E-state index is 0.493. The summed E-state index contributed by atoms with van der Waals surface area (Å²) < 4.78 is 7.48. The molecule has 2 fully saturated rings. The van der Waals surface area contributed by atoms with Gasteiger partial charge in [-0.15, -0.1) is 0 Å². The molecule has 1 saturated heterocycles. The molecule has 2 aromatic heterocycles. The molecule has 5 heteroatoms. The summed E-state index contributed by atoms with van der Waals surface area (Å²) in [4.78, 5) is 2.74. The quantitative estimate of drug-likeness (QED) is 0.890. The Kier molecular flexibility index (Phi) is 4.23.